The highest BCUT2D eigenvalue weighted by Gasteiger charge is 2.37. The normalized spacial score (nSPS) is 17.1. The molecule has 1 aromatic carbocycles. The lowest BCUT2D eigenvalue weighted by Crippen LogP contribution is -2.37. The Balaban J connectivity index is 1.45. The predicted octanol–water partition coefficient (Wildman–Crippen LogP) is 3.56. The quantitative estimate of drug-likeness (QED) is 0.611. The fourth-order valence-electron chi connectivity index (χ4n) is 3.81. The van der Waals surface area contributed by atoms with Crippen molar-refractivity contribution in [1.82, 2.24) is 20.4 Å². The van der Waals surface area contributed by atoms with E-state index in [9.17, 15) is 9.59 Å². The van der Waals surface area contributed by atoms with Gasteiger partial charge in [0, 0.05) is 36.6 Å². The van der Waals surface area contributed by atoms with Crippen molar-refractivity contribution >= 4 is 17.5 Å². The van der Waals surface area contributed by atoms with E-state index in [0.29, 0.717) is 18.3 Å². The van der Waals surface area contributed by atoms with Gasteiger partial charge < -0.3 is 14.7 Å². The summed E-state index contributed by atoms with van der Waals surface area (Å²) in [5, 5.41) is 7.07. The molecule has 2 atom stereocenters. The minimum Gasteiger partial charge on any atom is -0.344 e. The van der Waals surface area contributed by atoms with Crippen molar-refractivity contribution in [2.45, 2.75) is 39.7 Å². The zero-order valence-electron chi connectivity index (χ0n) is 18.5. The van der Waals surface area contributed by atoms with Crippen LogP contribution in [-0.2, 0) is 16.0 Å². The van der Waals surface area contributed by atoms with E-state index in [1.807, 2.05) is 38.1 Å². The molecule has 0 saturated carbocycles. The van der Waals surface area contributed by atoms with Crippen molar-refractivity contribution in [3.8, 4) is 11.4 Å². The second kappa shape index (κ2) is 9.30. The Kier molecular flexibility index (Phi) is 6.30. The van der Waals surface area contributed by atoms with Crippen LogP contribution < -0.4 is 10.2 Å². The predicted molar refractivity (Wildman–Crippen MR) is 120 cm³/mol. The Morgan fingerprint density at radius 3 is 2.56 bits per heavy atom. The van der Waals surface area contributed by atoms with Crippen molar-refractivity contribution < 1.29 is 14.1 Å². The molecule has 0 radical (unpaired) electrons. The van der Waals surface area contributed by atoms with Crippen LogP contribution in [0.3, 0.4) is 0 Å². The topological polar surface area (TPSA) is 101 Å². The number of benzene rings is 1. The summed E-state index contributed by atoms with van der Waals surface area (Å²) in [7, 11) is 0. The van der Waals surface area contributed by atoms with Gasteiger partial charge in [0.05, 0.1) is 5.92 Å². The number of carbonyl (C=O) groups is 2. The van der Waals surface area contributed by atoms with Crippen molar-refractivity contribution in [1.29, 1.82) is 0 Å². The summed E-state index contributed by atoms with van der Waals surface area (Å²) in [6.07, 6.45) is 4.43. The van der Waals surface area contributed by atoms with Crippen LogP contribution >= 0.6 is 0 Å². The third-order valence-corrected chi connectivity index (χ3v) is 5.76. The number of nitrogens with zero attached hydrogens (tertiary/aromatic N) is 4. The standard InChI is InChI=1S/C24H27N5O3/c1-4-16-5-7-19(8-6-16)29-14-18(13-20(29)30)23(31)26-21(15(2)3)24-27-22(28-32-24)17-9-11-25-12-10-17/h5-12,15,18,21H,4,13-14H2,1-3H3,(H,26,31). The number of pyridine rings is 1. The SMILES string of the molecule is CCc1ccc(N2CC(C(=O)NC(c3nc(-c4ccncc4)no3)C(C)C)CC2=O)cc1. The molecule has 3 heterocycles. The highest BCUT2D eigenvalue weighted by atomic mass is 16.5. The molecular weight excluding hydrogens is 406 g/mol. The molecule has 8 heteroatoms. The van der Waals surface area contributed by atoms with E-state index in [4.69, 9.17) is 4.52 Å². The molecule has 1 aliphatic rings. The largest absolute Gasteiger partial charge is 0.344 e. The van der Waals surface area contributed by atoms with Crippen LogP contribution in [0.4, 0.5) is 5.69 Å². The van der Waals surface area contributed by atoms with Crippen LogP contribution in [0, 0.1) is 11.8 Å². The van der Waals surface area contributed by atoms with Gasteiger partial charge >= 0.3 is 0 Å². The third-order valence-electron chi connectivity index (χ3n) is 5.76. The van der Waals surface area contributed by atoms with E-state index in [1.165, 1.54) is 5.56 Å². The second-order valence-electron chi connectivity index (χ2n) is 8.35. The van der Waals surface area contributed by atoms with Gasteiger partial charge in [-0.3, -0.25) is 14.6 Å². The molecule has 32 heavy (non-hydrogen) atoms. The van der Waals surface area contributed by atoms with Gasteiger partial charge in [-0.25, -0.2) is 0 Å². The van der Waals surface area contributed by atoms with Crippen LogP contribution in [0.15, 0.2) is 53.3 Å². The summed E-state index contributed by atoms with van der Waals surface area (Å²) < 4.78 is 5.47. The second-order valence-corrected chi connectivity index (χ2v) is 8.35. The maximum Gasteiger partial charge on any atom is 0.249 e. The fourth-order valence-corrected chi connectivity index (χ4v) is 3.81. The number of rotatable bonds is 7. The number of nitrogens with one attached hydrogen (secondary N) is 1. The molecule has 0 bridgehead atoms. The highest BCUT2D eigenvalue weighted by Crippen LogP contribution is 2.28. The van der Waals surface area contributed by atoms with Crippen molar-refractivity contribution in [3.63, 3.8) is 0 Å². The Bertz CT molecular complexity index is 1080. The lowest BCUT2D eigenvalue weighted by atomic mass is 10.0. The van der Waals surface area contributed by atoms with Gasteiger partial charge in [-0.2, -0.15) is 4.98 Å². The van der Waals surface area contributed by atoms with E-state index in [-0.39, 0.29) is 24.2 Å². The summed E-state index contributed by atoms with van der Waals surface area (Å²) in [4.78, 5) is 35.8. The minimum atomic E-state index is -0.446. The lowest BCUT2D eigenvalue weighted by molar-refractivity contribution is -0.127. The minimum absolute atomic E-state index is 0.0273. The van der Waals surface area contributed by atoms with Crippen molar-refractivity contribution in [2.75, 3.05) is 11.4 Å². The molecule has 0 spiro atoms. The molecule has 1 fully saturated rings. The molecule has 3 aromatic rings. The summed E-state index contributed by atoms with van der Waals surface area (Å²) >= 11 is 0. The fraction of sp³-hybridized carbons (Fsp3) is 0.375. The first-order valence-electron chi connectivity index (χ1n) is 10.9. The molecule has 166 valence electrons. The van der Waals surface area contributed by atoms with Gasteiger partial charge in [0.2, 0.25) is 23.5 Å². The molecule has 0 aliphatic carbocycles. The summed E-state index contributed by atoms with van der Waals surface area (Å²) in [5.41, 5.74) is 2.82. The first-order valence-corrected chi connectivity index (χ1v) is 10.9. The first kappa shape index (κ1) is 21.7. The van der Waals surface area contributed by atoms with Crippen LogP contribution in [0.25, 0.3) is 11.4 Å². The smallest absolute Gasteiger partial charge is 0.249 e. The third kappa shape index (κ3) is 4.54. The number of anilines is 1. The van der Waals surface area contributed by atoms with E-state index in [2.05, 4.69) is 27.4 Å². The molecule has 4 rings (SSSR count). The maximum atomic E-state index is 13.0. The van der Waals surface area contributed by atoms with Gasteiger partial charge in [-0.05, 0) is 42.2 Å². The van der Waals surface area contributed by atoms with E-state index in [1.54, 1.807) is 29.4 Å². The number of carbonyl (C=O) groups excluding carboxylic acids is 2. The lowest BCUT2D eigenvalue weighted by Gasteiger charge is -2.21. The zero-order chi connectivity index (χ0) is 22.7. The Hall–Kier alpha value is -3.55. The van der Waals surface area contributed by atoms with Crippen LogP contribution in [0.1, 0.15) is 44.7 Å². The monoisotopic (exact) mass is 433 g/mol. The maximum absolute atomic E-state index is 13.0. The molecule has 2 unspecified atom stereocenters. The molecule has 1 saturated heterocycles. The highest BCUT2D eigenvalue weighted by molar-refractivity contribution is 6.00. The van der Waals surface area contributed by atoms with Crippen LogP contribution in [0.2, 0.25) is 0 Å². The summed E-state index contributed by atoms with van der Waals surface area (Å²) in [6.45, 7) is 6.39. The molecule has 1 aliphatic heterocycles. The van der Waals surface area contributed by atoms with Crippen LogP contribution in [-0.4, -0.2) is 33.5 Å². The summed E-state index contributed by atoms with van der Waals surface area (Å²) in [6, 6.07) is 11.0. The Morgan fingerprint density at radius 2 is 1.91 bits per heavy atom. The number of hydrogen-bond acceptors (Lipinski definition) is 6. The number of hydrogen-bond donors (Lipinski definition) is 1. The molecule has 2 amide bonds. The first-order chi connectivity index (χ1) is 15.5. The van der Waals surface area contributed by atoms with Gasteiger partial charge in [0.25, 0.3) is 0 Å². The number of aromatic nitrogens is 3. The summed E-state index contributed by atoms with van der Waals surface area (Å²) in [5.74, 6) is 0.148. The van der Waals surface area contributed by atoms with E-state index < -0.39 is 12.0 Å². The zero-order valence-corrected chi connectivity index (χ0v) is 18.5. The van der Waals surface area contributed by atoms with Gasteiger partial charge in [-0.15, -0.1) is 0 Å². The molecule has 2 aromatic heterocycles. The van der Waals surface area contributed by atoms with Crippen molar-refractivity contribution in [2.24, 2.45) is 11.8 Å². The van der Waals surface area contributed by atoms with Gasteiger partial charge in [0.15, 0.2) is 0 Å². The van der Waals surface area contributed by atoms with Crippen LogP contribution in [0.5, 0.6) is 0 Å². The molecular formula is C24H27N5O3. The Morgan fingerprint density at radius 1 is 1.19 bits per heavy atom. The van der Waals surface area contributed by atoms with E-state index in [0.717, 1.165) is 17.7 Å². The number of aryl methyl sites for hydroxylation is 1. The Labute approximate surface area is 187 Å². The molecule has 8 nitrogen and oxygen atoms in total. The molecule has 1 N–H and O–H groups in total. The van der Waals surface area contributed by atoms with E-state index >= 15 is 0 Å². The van der Waals surface area contributed by atoms with Gasteiger partial charge in [0.1, 0.15) is 6.04 Å². The van der Waals surface area contributed by atoms with Crippen molar-refractivity contribution in [3.05, 3.63) is 60.2 Å². The number of amides is 2. The average Bonchev–Trinajstić information content (AvgIpc) is 3.45. The average molecular weight is 434 g/mol. The van der Waals surface area contributed by atoms with Gasteiger partial charge in [-0.1, -0.05) is 38.1 Å².